The first-order chi connectivity index (χ1) is 13.6. The highest BCUT2D eigenvalue weighted by Crippen LogP contribution is 2.28. The van der Waals surface area contributed by atoms with Crippen molar-refractivity contribution in [3.8, 4) is 11.5 Å². The normalized spacial score (nSPS) is 11.1. The van der Waals surface area contributed by atoms with Crippen molar-refractivity contribution in [1.82, 2.24) is 14.7 Å². The van der Waals surface area contributed by atoms with Crippen molar-refractivity contribution in [2.24, 2.45) is 0 Å². The summed E-state index contributed by atoms with van der Waals surface area (Å²) in [4.78, 5) is 16.7. The molecule has 0 saturated carbocycles. The van der Waals surface area contributed by atoms with E-state index in [0.29, 0.717) is 24.7 Å². The van der Waals surface area contributed by atoms with Crippen molar-refractivity contribution in [2.75, 3.05) is 13.7 Å². The number of carbonyl (C=O) groups is 1. The molecule has 0 radical (unpaired) electrons. The number of hydrogen-bond donors (Lipinski definition) is 1. The summed E-state index contributed by atoms with van der Waals surface area (Å²) in [5.74, 6) is 1.17. The minimum Gasteiger partial charge on any atom is -0.493 e. The van der Waals surface area contributed by atoms with Crippen molar-refractivity contribution >= 4 is 17.6 Å². The minimum atomic E-state index is -0.181. The number of rotatable bonds is 8. The molecule has 0 aliphatic carbocycles. The fraction of sp³-hybridized carbons (Fsp3) is 0.273. The molecule has 0 bridgehead atoms. The summed E-state index contributed by atoms with van der Waals surface area (Å²) in [5, 5.41) is 2.86. The Morgan fingerprint density at radius 2 is 2.11 bits per heavy atom. The smallest absolute Gasteiger partial charge is 0.244 e. The number of hydrogen-bond acceptors (Lipinski definition) is 4. The number of fused-ring (bicyclic) bond motifs is 1. The van der Waals surface area contributed by atoms with E-state index in [1.165, 1.54) is 6.08 Å². The second-order valence-electron chi connectivity index (χ2n) is 6.44. The van der Waals surface area contributed by atoms with E-state index < -0.39 is 0 Å². The lowest BCUT2D eigenvalue weighted by Gasteiger charge is -2.10. The average Bonchev–Trinajstić information content (AvgIpc) is 3.14. The number of pyridine rings is 1. The Balaban J connectivity index is 1.60. The van der Waals surface area contributed by atoms with Crippen LogP contribution in [0.3, 0.4) is 0 Å². The zero-order valence-electron chi connectivity index (χ0n) is 16.4. The molecule has 6 nitrogen and oxygen atoms in total. The summed E-state index contributed by atoms with van der Waals surface area (Å²) in [6.45, 7) is 5.08. The highest BCUT2D eigenvalue weighted by Gasteiger charge is 2.06. The Morgan fingerprint density at radius 1 is 1.25 bits per heavy atom. The van der Waals surface area contributed by atoms with Gasteiger partial charge >= 0.3 is 0 Å². The maximum atomic E-state index is 12.1. The summed E-state index contributed by atoms with van der Waals surface area (Å²) in [6.07, 6.45) is 6.11. The predicted octanol–water partition coefficient (Wildman–Crippen LogP) is 3.77. The molecule has 2 aromatic heterocycles. The quantitative estimate of drug-likeness (QED) is 0.605. The van der Waals surface area contributed by atoms with E-state index in [0.717, 1.165) is 29.0 Å². The molecule has 0 unspecified atom stereocenters. The van der Waals surface area contributed by atoms with Gasteiger partial charge in [0.2, 0.25) is 5.91 Å². The van der Waals surface area contributed by atoms with Crippen LogP contribution < -0.4 is 14.8 Å². The summed E-state index contributed by atoms with van der Waals surface area (Å²) in [5.41, 5.74) is 3.65. The number of nitrogens with one attached hydrogen (secondary N) is 1. The number of nitrogens with zero attached hydrogens (tertiary/aromatic N) is 2. The maximum Gasteiger partial charge on any atom is 0.244 e. The van der Waals surface area contributed by atoms with Gasteiger partial charge in [-0.1, -0.05) is 19.1 Å². The van der Waals surface area contributed by atoms with E-state index in [9.17, 15) is 4.79 Å². The number of methoxy groups -OCH3 is 1. The van der Waals surface area contributed by atoms with Crippen LogP contribution in [-0.2, 0) is 11.3 Å². The number of aromatic nitrogens is 2. The fourth-order valence-corrected chi connectivity index (χ4v) is 2.81. The molecule has 28 heavy (non-hydrogen) atoms. The van der Waals surface area contributed by atoms with Crippen molar-refractivity contribution in [1.29, 1.82) is 0 Å². The Bertz CT molecular complexity index is 992. The third-order valence-corrected chi connectivity index (χ3v) is 4.27. The van der Waals surface area contributed by atoms with Crippen molar-refractivity contribution in [3.05, 3.63) is 65.6 Å². The van der Waals surface area contributed by atoms with Crippen LogP contribution in [0.25, 0.3) is 11.7 Å². The third-order valence-electron chi connectivity index (χ3n) is 4.27. The van der Waals surface area contributed by atoms with Gasteiger partial charge in [-0.2, -0.15) is 0 Å². The van der Waals surface area contributed by atoms with Gasteiger partial charge in [-0.25, -0.2) is 4.98 Å². The molecular formula is C22H25N3O3. The second kappa shape index (κ2) is 9.08. The lowest BCUT2D eigenvalue weighted by molar-refractivity contribution is -0.116. The van der Waals surface area contributed by atoms with Crippen LogP contribution in [0, 0.1) is 6.92 Å². The monoisotopic (exact) mass is 379 g/mol. The summed E-state index contributed by atoms with van der Waals surface area (Å²) in [7, 11) is 1.60. The van der Waals surface area contributed by atoms with Crippen LogP contribution >= 0.6 is 0 Å². The highest BCUT2D eigenvalue weighted by molar-refractivity contribution is 5.91. The minimum absolute atomic E-state index is 0.181. The first-order valence-corrected chi connectivity index (χ1v) is 9.31. The van der Waals surface area contributed by atoms with Crippen molar-refractivity contribution < 1.29 is 14.3 Å². The molecule has 1 aromatic carbocycles. The summed E-state index contributed by atoms with van der Waals surface area (Å²) in [6, 6.07) is 11.5. The molecule has 0 atom stereocenters. The van der Waals surface area contributed by atoms with Crippen LogP contribution in [0.4, 0.5) is 0 Å². The molecule has 0 aliphatic rings. The Morgan fingerprint density at radius 3 is 2.86 bits per heavy atom. The first kappa shape index (κ1) is 19.5. The molecule has 1 N–H and O–H groups in total. The molecule has 0 saturated heterocycles. The molecule has 1 amide bonds. The molecule has 3 rings (SSSR count). The van der Waals surface area contributed by atoms with Crippen LogP contribution in [0.5, 0.6) is 11.5 Å². The molecule has 146 valence electrons. The van der Waals surface area contributed by atoms with Crippen LogP contribution in [0.15, 0.2) is 48.7 Å². The molecular weight excluding hydrogens is 354 g/mol. The van der Waals surface area contributed by atoms with Crippen molar-refractivity contribution in [2.45, 2.75) is 26.8 Å². The topological polar surface area (TPSA) is 64.9 Å². The fourth-order valence-electron chi connectivity index (χ4n) is 2.81. The Hall–Kier alpha value is -3.28. The van der Waals surface area contributed by atoms with E-state index in [1.807, 2.05) is 53.9 Å². The van der Waals surface area contributed by atoms with Gasteiger partial charge in [-0.3, -0.25) is 4.79 Å². The van der Waals surface area contributed by atoms with Gasteiger partial charge in [0.1, 0.15) is 5.65 Å². The number of imidazole rings is 1. The van der Waals surface area contributed by atoms with Crippen LogP contribution in [0.1, 0.15) is 30.3 Å². The standard InChI is InChI=1S/C22H25N3O3/c1-4-12-28-19-10-8-17(13-20(19)27-3)9-11-22(26)23-14-18-15-25-16(2)6-5-7-21(25)24-18/h5-11,13,15H,4,12,14H2,1-3H3,(H,23,26). The first-order valence-electron chi connectivity index (χ1n) is 9.31. The number of amides is 1. The van der Waals surface area contributed by atoms with Gasteiger partial charge in [-0.15, -0.1) is 0 Å². The lowest BCUT2D eigenvalue weighted by atomic mass is 10.2. The van der Waals surface area contributed by atoms with Crippen LogP contribution in [-0.4, -0.2) is 29.0 Å². The molecule has 3 aromatic rings. The molecule has 0 fully saturated rings. The molecule has 6 heteroatoms. The maximum absolute atomic E-state index is 12.1. The number of carbonyl (C=O) groups excluding carboxylic acids is 1. The summed E-state index contributed by atoms with van der Waals surface area (Å²) < 4.78 is 13.0. The van der Waals surface area contributed by atoms with E-state index in [4.69, 9.17) is 9.47 Å². The van der Waals surface area contributed by atoms with Crippen LogP contribution in [0.2, 0.25) is 0 Å². The lowest BCUT2D eigenvalue weighted by Crippen LogP contribution is -2.20. The summed E-state index contributed by atoms with van der Waals surface area (Å²) >= 11 is 0. The molecule has 0 spiro atoms. The van der Waals surface area contributed by atoms with E-state index in [1.54, 1.807) is 13.2 Å². The molecule has 2 heterocycles. The zero-order chi connectivity index (χ0) is 19.9. The Kier molecular flexibility index (Phi) is 6.32. The predicted molar refractivity (Wildman–Crippen MR) is 110 cm³/mol. The van der Waals surface area contributed by atoms with E-state index >= 15 is 0 Å². The van der Waals surface area contributed by atoms with Gasteiger partial charge in [0.25, 0.3) is 0 Å². The highest BCUT2D eigenvalue weighted by atomic mass is 16.5. The van der Waals surface area contributed by atoms with E-state index in [-0.39, 0.29) is 5.91 Å². The van der Waals surface area contributed by atoms with Gasteiger partial charge in [0, 0.05) is 18.0 Å². The number of benzene rings is 1. The van der Waals surface area contributed by atoms with Crippen molar-refractivity contribution in [3.63, 3.8) is 0 Å². The van der Waals surface area contributed by atoms with Gasteiger partial charge in [0.05, 0.1) is 26.0 Å². The third kappa shape index (κ3) is 4.71. The molecule has 0 aliphatic heterocycles. The van der Waals surface area contributed by atoms with E-state index in [2.05, 4.69) is 17.2 Å². The number of aryl methyl sites for hydroxylation is 1. The largest absolute Gasteiger partial charge is 0.493 e. The zero-order valence-corrected chi connectivity index (χ0v) is 16.4. The Labute approximate surface area is 164 Å². The number of ether oxygens (including phenoxy) is 2. The second-order valence-corrected chi connectivity index (χ2v) is 6.44. The average molecular weight is 379 g/mol. The van der Waals surface area contributed by atoms with Gasteiger partial charge in [0.15, 0.2) is 11.5 Å². The van der Waals surface area contributed by atoms with Gasteiger partial charge < -0.3 is 19.2 Å². The van der Waals surface area contributed by atoms with Gasteiger partial charge in [-0.05, 0) is 49.2 Å². The SMILES string of the molecule is CCCOc1ccc(C=CC(=O)NCc2cn3c(C)cccc3n2)cc1OC.